The molecule has 2 heterocycles. The summed E-state index contributed by atoms with van der Waals surface area (Å²) in [5.41, 5.74) is 5.50. The molecule has 0 spiro atoms. The van der Waals surface area contributed by atoms with Gasteiger partial charge < -0.3 is 10.8 Å². The first-order chi connectivity index (χ1) is 7.41. The predicted molar refractivity (Wildman–Crippen MR) is 55.9 cm³/mol. The SMILES string of the molecule is Nc1c(C(=O)O)cnn1C1CCS(=O)(=O)C1. The first-order valence-corrected chi connectivity index (χ1v) is 6.49. The molecule has 0 radical (unpaired) electrons. The molecule has 1 aromatic heterocycles. The molecule has 2 rings (SSSR count). The molecule has 0 bridgehead atoms. The van der Waals surface area contributed by atoms with Crippen molar-refractivity contribution < 1.29 is 18.3 Å². The van der Waals surface area contributed by atoms with Crippen molar-refractivity contribution in [2.45, 2.75) is 12.5 Å². The summed E-state index contributed by atoms with van der Waals surface area (Å²) >= 11 is 0. The number of anilines is 1. The van der Waals surface area contributed by atoms with Crippen molar-refractivity contribution in [1.29, 1.82) is 0 Å². The van der Waals surface area contributed by atoms with Crippen molar-refractivity contribution in [3.8, 4) is 0 Å². The van der Waals surface area contributed by atoms with E-state index in [0.29, 0.717) is 6.42 Å². The lowest BCUT2D eigenvalue weighted by Gasteiger charge is -2.10. The Morgan fingerprint density at radius 2 is 2.31 bits per heavy atom. The van der Waals surface area contributed by atoms with Gasteiger partial charge in [-0.3, -0.25) is 0 Å². The highest BCUT2D eigenvalue weighted by Crippen LogP contribution is 2.26. The first-order valence-electron chi connectivity index (χ1n) is 4.67. The Labute approximate surface area is 91.8 Å². The van der Waals surface area contributed by atoms with Gasteiger partial charge in [0, 0.05) is 0 Å². The molecule has 1 aromatic rings. The number of aromatic carboxylic acids is 1. The molecule has 1 fully saturated rings. The molecule has 16 heavy (non-hydrogen) atoms. The van der Waals surface area contributed by atoms with Crippen LogP contribution in [0.1, 0.15) is 22.8 Å². The van der Waals surface area contributed by atoms with E-state index in [0.717, 1.165) is 6.20 Å². The second-order valence-corrected chi connectivity index (χ2v) is 5.98. The van der Waals surface area contributed by atoms with E-state index in [1.807, 2.05) is 0 Å². The van der Waals surface area contributed by atoms with Crippen LogP contribution in [0.15, 0.2) is 6.20 Å². The number of carboxylic acids is 1. The van der Waals surface area contributed by atoms with Gasteiger partial charge in [-0.2, -0.15) is 5.10 Å². The summed E-state index contributed by atoms with van der Waals surface area (Å²) in [7, 11) is -3.04. The van der Waals surface area contributed by atoms with Crippen LogP contribution in [-0.2, 0) is 9.84 Å². The van der Waals surface area contributed by atoms with Crippen molar-refractivity contribution in [2.75, 3.05) is 17.2 Å². The molecule has 8 heteroatoms. The second-order valence-electron chi connectivity index (χ2n) is 3.75. The standard InChI is InChI=1S/C8H11N3O4S/c9-7-6(8(12)13)3-10-11(7)5-1-2-16(14,15)4-5/h3,5H,1-2,4,9H2,(H,12,13). The van der Waals surface area contributed by atoms with Gasteiger partial charge in [-0.1, -0.05) is 0 Å². The monoisotopic (exact) mass is 245 g/mol. The van der Waals surface area contributed by atoms with Crippen LogP contribution in [0.5, 0.6) is 0 Å². The Morgan fingerprint density at radius 1 is 1.62 bits per heavy atom. The predicted octanol–water partition coefficient (Wildman–Crippen LogP) is -0.477. The number of aromatic nitrogens is 2. The molecule has 7 nitrogen and oxygen atoms in total. The first kappa shape index (κ1) is 10.9. The number of carboxylic acid groups (broad SMARTS) is 1. The third-order valence-electron chi connectivity index (χ3n) is 2.62. The highest BCUT2D eigenvalue weighted by molar-refractivity contribution is 7.91. The second kappa shape index (κ2) is 3.48. The van der Waals surface area contributed by atoms with Crippen LogP contribution in [0, 0.1) is 0 Å². The molecule has 1 aliphatic heterocycles. The van der Waals surface area contributed by atoms with Gasteiger partial charge >= 0.3 is 5.97 Å². The minimum absolute atomic E-state index is 0.00889. The van der Waals surface area contributed by atoms with Crippen LogP contribution in [0.3, 0.4) is 0 Å². The van der Waals surface area contributed by atoms with Gasteiger partial charge in [-0.05, 0) is 6.42 Å². The van der Waals surface area contributed by atoms with Gasteiger partial charge in [0.2, 0.25) is 0 Å². The summed E-state index contributed by atoms with van der Waals surface area (Å²) in [6.45, 7) is 0. The average molecular weight is 245 g/mol. The van der Waals surface area contributed by atoms with Crippen molar-refractivity contribution in [1.82, 2.24) is 9.78 Å². The third-order valence-corrected chi connectivity index (χ3v) is 4.37. The number of nitrogens with two attached hydrogens (primary N) is 1. The summed E-state index contributed by atoms with van der Waals surface area (Å²) in [5.74, 6) is -1.09. The summed E-state index contributed by atoms with van der Waals surface area (Å²) in [6, 6.07) is -0.349. The topological polar surface area (TPSA) is 115 Å². The molecular formula is C8H11N3O4S. The summed E-state index contributed by atoms with van der Waals surface area (Å²) < 4.78 is 23.8. The van der Waals surface area contributed by atoms with Crippen LogP contribution in [0.2, 0.25) is 0 Å². The molecule has 1 atom stereocenters. The average Bonchev–Trinajstić information content (AvgIpc) is 2.69. The van der Waals surface area contributed by atoms with Gasteiger partial charge in [0.05, 0.1) is 23.7 Å². The zero-order chi connectivity index (χ0) is 11.9. The largest absolute Gasteiger partial charge is 0.477 e. The number of hydrogen-bond donors (Lipinski definition) is 2. The van der Waals surface area contributed by atoms with Gasteiger partial charge in [0.25, 0.3) is 0 Å². The summed E-state index contributed by atoms with van der Waals surface area (Å²) in [5, 5.41) is 12.6. The van der Waals surface area contributed by atoms with Crippen molar-refractivity contribution in [3.05, 3.63) is 11.8 Å². The fraction of sp³-hybridized carbons (Fsp3) is 0.500. The van der Waals surface area contributed by atoms with E-state index in [4.69, 9.17) is 10.8 Å². The lowest BCUT2D eigenvalue weighted by Crippen LogP contribution is -2.15. The molecular weight excluding hydrogens is 234 g/mol. The zero-order valence-corrected chi connectivity index (χ0v) is 9.14. The number of carbonyl (C=O) groups is 1. The Morgan fingerprint density at radius 3 is 2.75 bits per heavy atom. The maximum atomic E-state index is 11.3. The molecule has 1 aliphatic rings. The minimum atomic E-state index is -3.04. The van der Waals surface area contributed by atoms with E-state index in [1.54, 1.807) is 0 Å². The maximum Gasteiger partial charge on any atom is 0.341 e. The maximum absolute atomic E-state index is 11.3. The molecule has 0 amide bonds. The lowest BCUT2D eigenvalue weighted by molar-refractivity contribution is 0.0698. The van der Waals surface area contributed by atoms with Crippen LogP contribution < -0.4 is 5.73 Å². The van der Waals surface area contributed by atoms with Crippen LogP contribution in [-0.4, -0.2) is 40.8 Å². The Hall–Kier alpha value is -1.57. The molecule has 0 aliphatic carbocycles. The molecule has 3 N–H and O–H groups in total. The number of rotatable bonds is 2. The fourth-order valence-corrected chi connectivity index (χ4v) is 3.49. The number of nitrogens with zero attached hydrogens (tertiary/aromatic N) is 2. The van der Waals surface area contributed by atoms with Crippen LogP contribution in [0.25, 0.3) is 0 Å². The van der Waals surface area contributed by atoms with Crippen LogP contribution >= 0.6 is 0 Å². The van der Waals surface area contributed by atoms with Crippen molar-refractivity contribution in [2.24, 2.45) is 0 Å². The molecule has 0 aromatic carbocycles. The molecule has 0 saturated carbocycles. The summed E-state index contributed by atoms with van der Waals surface area (Å²) in [4.78, 5) is 10.7. The van der Waals surface area contributed by atoms with E-state index < -0.39 is 15.8 Å². The summed E-state index contributed by atoms with van der Waals surface area (Å²) in [6.07, 6.45) is 1.57. The molecule has 88 valence electrons. The smallest absolute Gasteiger partial charge is 0.341 e. The number of hydrogen-bond acceptors (Lipinski definition) is 5. The third kappa shape index (κ3) is 1.75. The van der Waals surface area contributed by atoms with E-state index in [1.165, 1.54) is 4.68 Å². The highest BCUT2D eigenvalue weighted by Gasteiger charge is 2.31. The van der Waals surface area contributed by atoms with E-state index in [-0.39, 0.29) is 28.9 Å². The van der Waals surface area contributed by atoms with Gasteiger partial charge in [0.1, 0.15) is 11.4 Å². The lowest BCUT2D eigenvalue weighted by atomic mass is 10.2. The van der Waals surface area contributed by atoms with Gasteiger partial charge in [-0.25, -0.2) is 17.9 Å². The van der Waals surface area contributed by atoms with Crippen molar-refractivity contribution >= 4 is 21.6 Å². The number of nitrogen functional groups attached to an aromatic ring is 1. The fourth-order valence-electron chi connectivity index (χ4n) is 1.80. The van der Waals surface area contributed by atoms with E-state index in [9.17, 15) is 13.2 Å². The van der Waals surface area contributed by atoms with E-state index >= 15 is 0 Å². The molecule has 1 unspecified atom stereocenters. The quantitative estimate of drug-likeness (QED) is 0.727. The van der Waals surface area contributed by atoms with Crippen LogP contribution in [0.4, 0.5) is 5.82 Å². The normalized spacial score (nSPS) is 23.4. The van der Waals surface area contributed by atoms with E-state index in [2.05, 4.69) is 5.10 Å². The number of sulfone groups is 1. The zero-order valence-electron chi connectivity index (χ0n) is 8.33. The van der Waals surface area contributed by atoms with Gasteiger partial charge in [0.15, 0.2) is 9.84 Å². The van der Waals surface area contributed by atoms with Gasteiger partial charge in [-0.15, -0.1) is 0 Å². The van der Waals surface area contributed by atoms with Crippen molar-refractivity contribution in [3.63, 3.8) is 0 Å². The minimum Gasteiger partial charge on any atom is -0.477 e. The Bertz CT molecular complexity index is 533. The Balaban J connectivity index is 2.33. The molecule has 1 saturated heterocycles. The highest BCUT2D eigenvalue weighted by atomic mass is 32.2. The Kier molecular flexibility index (Phi) is 2.38.